The first-order valence-electron chi connectivity index (χ1n) is 12.1. The van der Waals surface area contributed by atoms with Gasteiger partial charge in [-0.15, -0.1) is 0 Å². The van der Waals surface area contributed by atoms with Crippen LogP contribution >= 0.6 is 0 Å². The van der Waals surface area contributed by atoms with E-state index in [1.165, 1.54) is 12.8 Å². The van der Waals surface area contributed by atoms with Crippen molar-refractivity contribution in [3.63, 3.8) is 0 Å². The summed E-state index contributed by atoms with van der Waals surface area (Å²) in [5.41, 5.74) is 1.22. The Morgan fingerprint density at radius 3 is 2.31 bits per heavy atom. The van der Waals surface area contributed by atoms with E-state index in [0.29, 0.717) is 31.2 Å². The van der Waals surface area contributed by atoms with E-state index in [1.54, 1.807) is 12.3 Å². The van der Waals surface area contributed by atoms with Gasteiger partial charge in [0.05, 0.1) is 6.54 Å². The summed E-state index contributed by atoms with van der Waals surface area (Å²) >= 11 is 0. The number of piperidine rings is 2. The van der Waals surface area contributed by atoms with E-state index in [-0.39, 0.29) is 17.9 Å². The second-order valence-electron chi connectivity index (χ2n) is 9.84. The van der Waals surface area contributed by atoms with Gasteiger partial charge in [0.15, 0.2) is 0 Å². The van der Waals surface area contributed by atoms with Crippen LogP contribution in [-0.4, -0.2) is 65.4 Å². The molecule has 1 N–H and O–H groups in total. The van der Waals surface area contributed by atoms with E-state index < -0.39 is 0 Å². The summed E-state index contributed by atoms with van der Waals surface area (Å²) in [6.45, 7) is 12.6. The van der Waals surface area contributed by atoms with Gasteiger partial charge >= 0.3 is 0 Å². The Balaban J connectivity index is 1.40. The van der Waals surface area contributed by atoms with Gasteiger partial charge in [0.25, 0.3) is 5.91 Å². The number of carbonyl (C=O) groups is 2. The lowest BCUT2D eigenvalue weighted by atomic mass is 9.87. The van der Waals surface area contributed by atoms with Crippen molar-refractivity contribution in [2.45, 2.75) is 59.4 Å². The molecular weight excluding hydrogens is 400 g/mol. The Morgan fingerprint density at radius 2 is 1.75 bits per heavy atom. The molecule has 2 amide bonds. The Labute approximate surface area is 193 Å². The zero-order chi connectivity index (χ0) is 23.1. The smallest absolute Gasteiger partial charge is 0.270 e. The minimum atomic E-state index is -0.161. The van der Waals surface area contributed by atoms with Crippen LogP contribution in [0.15, 0.2) is 18.3 Å². The second kappa shape index (κ2) is 11.5. The van der Waals surface area contributed by atoms with Gasteiger partial charge in [0.2, 0.25) is 5.91 Å². The number of carbonyl (C=O) groups excluding carboxylic acids is 2. The third-order valence-electron chi connectivity index (χ3n) is 6.62. The second-order valence-corrected chi connectivity index (χ2v) is 9.84. The maximum Gasteiger partial charge on any atom is 0.270 e. The molecule has 1 aromatic heterocycles. The number of hydrogen-bond acceptors (Lipinski definition) is 4. The quantitative estimate of drug-likeness (QED) is 0.717. The monoisotopic (exact) mass is 438 g/mol. The largest absolute Gasteiger partial charge is 0.348 e. The molecule has 2 aliphatic heterocycles. The SMILES string of the molecule is CC(C)C#Cc1ccc(C(=O)NC2CCN(C(=O)CN3CCC(C(C)C)CC3)CC2)nc1. The van der Waals surface area contributed by atoms with E-state index in [0.717, 1.165) is 43.3 Å². The van der Waals surface area contributed by atoms with E-state index in [9.17, 15) is 9.59 Å². The lowest BCUT2D eigenvalue weighted by Crippen LogP contribution is -2.50. The Morgan fingerprint density at radius 1 is 1.06 bits per heavy atom. The number of hydrogen-bond donors (Lipinski definition) is 1. The van der Waals surface area contributed by atoms with Gasteiger partial charge < -0.3 is 10.2 Å². The minimum absolute atomic E-state index is 0.0792. The fraction of sp³-hybridized carbons (Fsp3) is 0.654. The highest BCUT2D eigenvalue weighted by molar-refractivity contribution is 5.92. The highest BCUT2D eigenvalue weighted by atomic mass is 16.2. The molecular formula is C26H38N4O2. The standard InChI is InChI=1S/C26H38N4O2/c1-19(2)5-6-21-7-8-24(27-17-21)26(32)28-23-11-15-30(16-12-23)25(31)18-29-13-9-22(10-14-29)20(3)4/h7-8,17,19-20,22-23H,9-16,18H2,1-4H3,(H,28,32). The van der Waals surface area contributed by atoms with Crippen LogP contribution in [0, 0.1) is 29.6 Å². The Bertz CT molecular complexity index is 822. The van der Waals surface area contributed by atoms with Crippen LogP contribution in [0.2, 0.25) is 0 Å². The zero-order valence-electron chi connectivity index (χ0n) is 20.1. The average molecular weight is 439 g/mol. The molecule has 0 bridgehead atoms. The molecule has 32 heavy (non-hydrogen) atoms. The van der Waals surface area contributed by atoms with Crippen molar-refractivity contribution in [2.24, 2.45) is 17.8 Å². The summed E-state index contributed by atoms with van der Waals surface area (Å²) in [7, 11) is 0. The first-order chi connectivity index (χ1) is 15.3. The van der Waals surface area contributed by atoms with Gasteiger partial charge in [0, 0.05) is 36.8 Å². The van der Waals surface area contributed by atoms with Crippen molar-refractivity contribution in [3.8, 4) is 11.8 Å². The van der Waals surface area contributed by atoms with Crippen molar-refractivity contribution < 1.29 is 9.59 Å². The van der Waals surface area contributed by atoms with Crippen molar-refractivity contribution in [1.82, 2.24) is 20.1 Å². The van der Waals surface area contributed by atoms with Crippen LogP contribution in [0.5, 0.6) is 0 Å². The highest BCUT2D eigenvalue weighted by Crippen LogP contribution is 2.24. The minimum Gasteiger partial charge on any atom is -0.348 e. The van der Waals surface area contributed by atoms with Gasteiger partial charge in [-0.3, -0.25) is 14.5 Å². The Hall–Kier alpha value is -2.39. The van der Waals surface area contributed by atoms with Crippen LogP contribution in [-0.2, 0) is 4.79 Å². The first kappa shape index (κ1) is 24.3. The van der Waals surface area contributed by atoms with Gasteiger partial charge in [0.1, 0.15) is 5.69 Å². The molecule has 174 valence electrons. The fourth-order valence-electron chi connectivity index (χ4n) is 4.43. The third kappa shape index (κ3) is 7.06. The number of aromatic nitrogens is 1. The number of nitrogens with zero attached hydrogens (tertiary/aromatic N) is 3. The molecule has 1 aromatic rings. The van der Waals surface area contributed by atoms with Crippen LogP contribution < -0.4 is 5.32 Å². The number of pyridine rings is 1. The molecule has 3 rings (SSSR count). The van der Waals surface area contributed by atoms with Gasteiger partial charge in [-0.25, -0.2) is 4.98 Å². The lowest BCUT2D eigenvalue weighted by Gasteiger charge is -2.36. The van der Waals surface area contributed by atoms with E-state index in [4.69, 9.17) is 0 Å². The first-order valence-corrected chi connectivity index (χ1v) is 12.1. The van der Waals surface area contributed by atoms with Crippen molar-refractivity contribution in [2.75, 3.05) is 32.7 Å². The van der Waals surface area contributed by atoms with Crippen molar-refractivity contribution in [1.29, 1.82) is 0 Å². The summed E-state index contributed by atoms with van der Waals surface area (Å²) in [4.78, 5) is 33.8. The molecule has 2 aliphatic rings. The van der Waals surface area contributed by atoms with Gasteiger partial charge in [-0.2, -0.15) is 0 Å². The normalized spacial score (nSPS) is 18.5. The van der Waals surface area contributed by atoms with Gasteiger partial charge in [-0.05, 0) is 62.7 Å². The molecule has 2 fully saturated rings. The molecule has 0 atom stereocenters. The molecule has 0 radical (unpaired) electrons. The summed E-state index contributed by atoms with van der Waals surface area (Å²) in [6, 6.07) is 3.64. The van der Waals surface area contributed by atoms with E-state index in [1.807, 2.05) is 24.8 Å². The summed E-state index contributed by atoms with van der Waals surface area (Å²) in [5, 5.41) is 3.08. The maximum absolute atomic E-state index is 12.7. The van der Waals surface area contributed by atoms with Crippen LogP contribution in [0.25, 0.3) is 0 Å². The number of likely N-dealkylation sites (tertiary alicyclic amines) is 2. The van der Waals surface area contributed by atoms with Gasteiger partial charge in [-0.1, -0.05) is 39.5 Å². The molecule has 6 nitrogen and oxygen atoms in total. The predicted molar refractivity (Wildman–Crippen MR) is 127 cm³/mol. The molecule has 3 heterocycles. The predicted octanol–water partition coefficient (Wildman–Crippen LogP) is 3.18. The zero-order valence-corrected chi connectivity index (χ0v) is 20.1. The average Bonchev–Trinajstić information content (AvgIpc) is 2.78. The van der Waals surface area contributed by atoms with Crippen LogP contribution in [0.3, 0.4) is 0 Å². The van der Waals surface area contributed by atoms with E-state index in [2.05, 4.69) is 40.9 Å². The molecule has 2 saturated heterocycles. The molecule has 0 aliphatic carbocycles. The van der Waals surface area contributed by atoms with Crippen molar-refractivity contribution >= 4 is 11.8 Å². The van der Waals surface area contributed by atoms with E-state index >= 15 is 0 Å². The van der Waals surface area contributed by atoms with Crippen molar-refractivity contribution in [3.05, 3.63) is 29.6 Å². The topological polar surface area (TPSA) is 65.5 Å². The summed E-state index contributed by atoms with van der Waals surface area (Å²) in [6.07, 6.45) is 5.60. The molecule has 0 spiro atoms. The van der Waals surface area contributed by atoms with Crippen LogP contribution in [0.4, 0.5) is 0 Å². The summed E-state index contributed by atoms with van der Waals surface area (Å²) < 4.78 is 0. The fourth-order valence-corrected chi connectivity index (χ4v) is 4.43. The highest BCUT2D eigenvalue weighted by Gasteiger charge is 2.27. The number of nitrogens with one attached hydrogen (secondary N) is 1. The maximum atomic E-state index is 12.7. The number of amides is 2. The van der Waals surface area contributed by atoms with Crippen LogP contribution in [0.1, 0.15) is 69.4 Å². The molecule has 6 heteroatoms. The molecule has 0 aromatic carbocycles. The lowest BCUT2D eigenvalue weighted by molar-refractivity contribution is -0.133. The number of rotatable bonds is 5. The molecule has 0 unspecified atom stereocenters. The third-order valence-corrected chi connectivity index (χ3v) is 6.62. The Kier molecular flexibility index (Phi) is 8.69. The molecule has 0 saturated carbocycles. The summed E-state index contributed by atoms with van der Waals surface area (Å²) in [5.74, 6) is 8.03.